The summed E-state index contributed by atoms with van der Waals surface area (Å²) in [6.45, 7) is 4.21. The number of rotatable bonds is 2. The van der Waals surface area contributed by atoms with Crippen LogP contribution >= 0.6 is 0 Å². The molecular formula is C16H16O2. The Morgan fingerprint density at radius 2 is 1.83 bits per heavy atom. The van der Waals surface area contributed by atoms with Gasteiger partial charge in [0.1, 0.15) is 0 Å². The monoisotopic (exact) mass is 240 g/mol. The van der Waals surface area contributed by atoms with E-state index in [-0.39, 0.29) is 0 Å². The molecule has 0 radical (unpaired) electrons. The van der Waals surface area contributed by atoms with Gasteiger partial charge in [-0.15, -0.1) is 0 Å². The molecule has 0 unspecified atom stereocenters. The number of aromatic carboxylic acids is 1. The molecule has 1 aromatic carbocycles. The number of hydrogen-bond donors (Lipinski definition) is 1. The van der Waals surface area contributed by atoms with Crippen molar-refractivity contribution in [3.8, 4) is 0 Å². The summed E-state index contributed by atoms with van der Waals surface area (Å²) in [5.74, 6) is -0.885. The van der Waals surface area contributed by atoms with Crippen LogP contribution in [0.25, 0.3) is 5.57 Å². The van der Waals surface area contributed by atoms with Gasteiger partial charge in [0, 0.05) is 0 Å². The molecule has 0 spiro atoms. The first-order valence-corrected chi connectivity index (χ1v) is 5.95. The summed E-state index contributed by atoms with van der Waals surface area (Å²) < 4.78 is 0. The molecule has 0 fully saturated rings. The van der Waals surface area contributed by atoms with Crippen molar-refractivity contribution in [1.29, 1.82) is 0 Å². The van der Waals surface area contributed by atoms with Gasteiger partial charge in [-0.2, -0.15) is 0 Å². The van der Waals surface area contributed by atoms with Crippen molar-refractivity contribution in [2.75, 3.05) is 0 Å². The van der Waals surface area contributed by atoms with Crippen molar-refractivity contribution >= 4 is 11.5 Å². The van der Waals surface area contributed by atoms with Crippen LogP contribution in [0.15, 0.2) is 53.6 Å². The third-order valence-corrected chi connectivity index (χ3v) is 3.12. The second-order valence-electron chi connectivity index (χ2n) is 4.64. The van der Waals surface area contributed by atoms with Crippen LogP contribution in [0.2, 0.25) is 0 Å². The highest BCUT2D eigenvalue weighted by Gasteiger charge is 2.09. The van der Waals surface area contributed by atoms with Crippen molar-refractivity contribution in [3.05, 3.63) is 64.8 Å². The van der Waals surface area contributed by atoms with Gasteiger partial charge in [0.2, 0.25) is 0 Å². The van der Waals surface area contributed by atoms with Gasteiger partial charge in [-0.3, -0.25) is 0 Å². The zero-order valence-corrected chi connectivity index (χ0v) is 10.6. The summed E-state index contributed by atoms with van der Waals surface area (Å²) in [4.78, 5) is 10.8. The third kappa shape index (κ3) is 2.59. The molecular weight excluding hydrogens is 224 g/mol. The van der Waals surface area contributed by atoms with Crippen LogP contribution < -0.4 is 0 Å². The topological polar surface area (TPSA) is 37.3 Å². The predicted octanol–water partition coefficient (Wildman–Crippen LogP) is 4.06. The van der Waals surface area contributed by atoms with Crippen LogP contribution in [0.4, 0.5) is 0 Å². The van der Waals surface area contributed by atoms with E-state index in [0.29, 0.717) is 5.56 Å². The van der Waals surface area contributed by atoms with Crippen molar-refractivity contribution in [2.45, 2.75) is 20.3 Å². The Bertz CT molecular complexity index is 553. The lowest BCUT2D eigenvalue weighted by atomic mass is 9.91. The van der Waals surface area contributed by atoms with E-state index in [1.165, 1.54) is 16.7 Å². The first-order valence-electron chi connectivity index (χ1n) is 5.95. The average molecular weight is 240 g/mol. The Balaban J connectivity index is 2.28. The lowest BCUT2D eigenvalue weighted by molar-refractivity contribution is 0.0697. The molecule has 0 amide bonds. The molecule has 2 heteroatoms. The Morgan fingerprint density at radius 1 is 1.17 bits per heavy atom. The average Bonchev–Trinajstić information content (AvgIpc) is 2.39. The third-order valence-electron chi connectivity index (χ3n) is 3.12. The summed E-state index contributed by atoms with van der Waals surface area (Å²) in [5.41, 5.74) is 5.29. The number of carboxylic acids is 1. The smallest absolute Gasteiger partial charge is 0.335 e. The zero-order valence-electron chi connectivity index (χ0n) is 10.6. The molecule has 0 saturated carbocycles. The van der Waals surface area contributed by atoms with Crippen LogP contribution in [0.3, 0.4) is 0 Å². The molecule has 1 N–H and O–H groups in total. The number of allylic oxidation sites excluding steroid dienone is 6. The molecule has 1 aliphatic rings. The second kappa shape index (κ2) is 5.05. The maximum Gasteiger partial charge on any atom is 0.335 e. The second-order valence-corrected chi connectivity index (χ2v) is 4.64. The van der Waals surface area contributed by atoms with Crippen LogP contribution in [-0.4, -0.2) is 11.1 Å². The summed E-state index contributed by atoms with van der Waals surface area (Å²) in [5, 5.41) is 8.87. The largest absolute Gasteiger partial charge is 0.478 e. The van der Waals surface area contributed by atoms with E-state index >= 15 is 0 Å². The maximum absolute atomic E-state index is 10.8. The van der Waals surface area contributed by atoms with Gasteiger partial charge < -0.3 is 5.11 Å². The highest BCUT2D eigenvalue weighted by Crippen LogP contribution is 2.28. The van der Waals surface area contributed by atoms with Crippen molar-refractivity contribution in [1.82, 2.24) is 0 Å². The van der Waals surface area contributed by atoms with Gasteiger partial charge >= 0.3 is 5.97 Å². The van der Waals surface area contributed by atoms with E-state index in [1.807, 2.05) is 18.2 Å². The minimum Gasteiger partial charge on any atom is -0.478 e. The van der Waals surface area contributed by atoms with Gasteiger partial charge in [0.15, 0.2) is 0 Å². The van der Waals surface area contributed by atoms with Gasteiger partial charge in [0.25, 0.3) is 0 Å². The Labute approximate surface area is 107 Å². The maximum atomic E-state index is 10.8. The lowest BCUT2D eigenvalue weighted by Crippen LogP contribution is -1.97. The Morgan fingerprint density at radius 3 is 2.39 bits per heavy atom. The fourth-order valence-electron chi connectivity index (χ4n) is 1.97. The van der Waals surface area contributed by atoms with Crippen LogP contribution in [0.1, 0.15) is 36.2 Å². The van der Waals surface area contributed by atoms with E-state index in [9.17, 15) is 4.79 Å². The molecule has 1 aromatic rings. The number of benzene rings is 1. The van der Waals surface area contributed by atoms with E-state index < -0.39 is 5.97 Å². The Hall–Kier alpha value is -2.09. The molecule has 0 aliphatic heterocycles. The summed E-state index contributed by atoms with van der Waals surface area (Å²) in [7, 11) is 0. The molecule has 0 aromatic heterocycles. The molecule has 2 nitrogen and oxygen atoms in total. The van der Waals surface area contributed by atoms with Gasteiger partial charge in [-0.25, -0.2) is 4.79 Å². The minimum atomic E-state index is -0.885. The Kier molecular flexibility index (Phi) is 3.47. The minimum absolute atomic E-state index is 0.327. The molecule has 18 heavy (non-hydrogen) atoms. The van der Waals surface area contributed by atoms with Crippen molar-refractivity contribution in [3.63, 3.8) is 0 Å². The van der Waals surface area contributed by atoms with Gasteiger partial charge in [0.05, 0.1) is 5.56 Å². The number of carbonyl (C=O) groups is 1. The standard InChI is InChI=1S/C16H16O2/c1-11(2)14-4-3-5-15(10-14)12-6-8-13(9-7-12)16(17)18/h3-9H,10H2,1-2H3,(H,17,18). The molecule has 0 atom stereocenters. The van der Waals surface area contributed by atoms with Crippen LogP contribution in [-0.2, 0) is 0 Å². The van der Waals surface area contributed by atoms with E-state index in [2.05, 4.69) is 26.0 Å². The molecule has 0 heterocycles. The number of carboxylic acid groups (broad SMARTS) is 1. The molecule has 0 bridgehead atoms. The van der Waals surface area contributed by atoms with Crippen LogP contribution in [0, 0.1) is 0 Å². The zero-order chi connectivity index (χ0) is 13.1. The summed E-state index contributed by atoms with van der Waals surface area (Å²) in [6, 6.07) is 7.05. The van der Waals surface area contributed by atoms with E-state index in [4.69, 9.17) is 5.11 Å². The predicted molar refractivity (Wildman–Crippen MR) is 73.5 cm³/mol. The first-order chi connectivity index (χ1) is 8.58. The quantitative estimate of drug-likeness (QED) is 0.846. The SMILES string of the molecule is CC(C)=C1C=CC=C(c2ccc(C(=O)O)cc2)C1. The fourth-order valence-corrected chi connectivity index (χ4v) is 1.97. The van der Waals surface area contributed by atoms with Gasteiger partial charge in [-0.1, -0.05) is 35.9 Å². The molecule has 0 saturated heterocycles. The highest BCUT2D eigenvalue weighted by atomic mass is 16.4. The molecule has 1 aliphatic carbocycles. The normalized spacial score (nSPS) is 14.3. The lowest BCUT2D eigenvalue weighted by Gasteiger charge is -2.14. The van der Waals surface area contributed by atoms with Gasteiger partial charge in [-0.05, 0) is 49.1 Å². The summed E-state index contributed by atoms with van der Waals surface area (Å²) in [6.07, 6.45) is 7.17. The van der Waals surface area contributed by atoms with Crippen LogP contribution in [0.5, 0.6) is 0 Å². The summed E-state index contributed by atoms with van der Waals surface area (Å²) >= 11 is 0. The van der Waals surface area contributed by atoms with Crippen molar-refractivity contribution < 1.29 is 9.90 Å². The van der Waals surface area contributed by atoms with E-state index in [1.54, 1.807) is 12.1 Å². The first kappa shape index (κ1) is 12.4. The highest BCUT2D eigenvalue weighted by molar-refractivity contribution is 5.88. The molecule has 92 valence electrons. The number of hydrogen-bond acceptors (Lipinski definition) is 1. The fraction of sp³-hybridized carbons (Fsp3) is 0.188. The van der Waals surface area contributed by atoms with E-state index in [0.717, 1.165) is 12.0 Å². The van der Waals surface area contributed by atoms with Crippen molar-refractivity contribution in [2.24, 2.45) is 0 Å². The molecule has 2 rings (SSSR count).